The zero-order valence-corrected chi connectivity index (χ0v) is 15.6. The van der Waals surface area contributed by atoms with Crippen LogP contribution in [0.3, 0.4) is 0 Å². The summed E-state index contributed by atoms with van der Waals surface area (Å²) in [7, 11) is 0. The molecule has 146 valence electrons. The fourth-order valence-electron chi connectivity index (χ4n) is 4.20. The lowest BCUT2D eigenvalue weighted by molar-refractivity contribution is 0.0117. The lowest BCUT2D eigenvalue weighted by Gasteiger charge is -2.41. The minimum Gasteiger partial charge on any atom is -0.491 e. The first-order valence-corrected chi connectivity index (χ1v) is 9.63. The van der Waals surface area contributed by atoms with Crippen LogP contribution in [-0.2, 0) is 0 Å². The van der Waals surface area contributed by atoms with E-state index >= 15 is 0 Å². The number of aliphatic hydroxyl groups is 1. The number of aromatic nitrogens is 1. The quantitative estimate of drug-likeness (QED) is 0.794. The molecule has 0 radical (unpaired) electrons. The molecule has 7 nitrogen and oxygen atoms in total. The topological polar surface area (TPSA) is 92.6 Å². The number of nitrogens with zero attached hydrogens (tertiary/aromatic N) is 3. The number of nitrogens with one attached hydrogen (secondary N) is 1. The molecule has 2 N–H and O–H groups in total. The molecule has 2 fully saturated rings. The molecule has 3 heterocycles. The third kappa shape index (κ3) is 3.88. The Bertz CT molecular complexity index is 830. The molecule has 2 aliphatic heterocycles. The predicted octanol–water partition coefficient (Wildman–Crippen LogP) is 1.62. The van der Waals surface area contributed by atoms with Crippen LogP contribution in [0.25, 0.3) is 0 Å². The van der Waals surface area contributed by atoms with Crippen molar-refractivity contribution in [2.75, 3.05) is 26.2 Å². The third-order valence-corrected chi connectivity index (χ3v) is 5.60. The van der Waals surface area contributed by atoms with Gasteiger partial charge in [0.15, 0.2) is 0 Å². The lowest BCUT2D eigenvalue weighted by atomic mass is 10.1. The number of nitriles is 1. The van der Waals surface area contributed by atoms with Crippen molar-refractivity contribution in [1.82, 2.24) is 14.8 Å². The molecule has 1 amide bonds. The first-order chi connectivity index (χ1) is 13.6. The number of hydrogen-bond donors (Lipinski definition) is 2. The highest BCUT2D eigenvalue weighted by atomic mass is 16.5. The van der Waals surface area contributed by atoms with Crippen LogP contribution < -0.4 is 4.74 Å². The normalized spacial score (nSPS) is 22.6. The molecule has 2 aromatic rings. The standard InChI is InChI=1S/C21H24N4O3/c22-10-15-3-7-19(8-4-15)28-14-18(26)13-25-16-5-6-17(25)12-24(11-16)21(27)20-2-1-9-23-20/h1-4,7-9,16-18,23,26H,5-6,11-14H2. The number of carbonyl (C=O) groups is 1. The first kappa shape index (κ1) is 18.5. The number of amides is 1. The maximum absolute atomic E-state index is 12.6. The van der Waals surface area contributed by atoms with Crippen LogP contribution in [0.4, 0.5) is 0 Å². The Morgan fingerprint density at radius 2 is 1.96 bits per heavy atom. The van der Waals surface area contributed by atoms with Crippen LogP contribution in [0.15, 0.2) is 42.6 Å². The highest BCUT2D eigenvalue weighted by Gasteiger charge is 2.42. The van der Waals surface area contributed by atoms with Crippen molar-refractivity contribution in [1.29, 1.82) is 5.26 Å². The van der Waals surface area contributed by atoms with E-state index in [2.05, 4.69) is 16.0 Å². The van der Waals surface area contributed by atoms with E-state index in [0.717, 1.165) is 12.8 Å². The summed E-state index contributed by atoms with van der Waals surface area (Å²) in [6.07, 6.45) is 3.25. The Hall–Kier alpha value is -2.82. The van der Waals surface area contributed by atoms with Crippen LogP contribution in [0, 0.1) is 11.3 Å². The molecule has 1 aromatic carbocycles. The van der Waals surface area contributed by atoms with Crippen molar-refractivity contribution in [3.63, 3.8) is 0 Å². The smallest absolute Gasteiger partial charge is 0.270 e. The molecule has 0 spiro atoms. The predicted molar refractivity (Wildman–Crippen MR) is 103 cm³/mol. The molecule has 2 saturated heterocycles. The number of aliphatic hydroxyl groups excluding tert-OH is 1. The van der Waals surface area contributed by atoms with Gasteiger partial charge in [0.1, 0.15) is 24.2 Å². The van der Waals surface area contributed by atoms with Gasteiger partial charge < -0.3 is 19.7 Å². The minimum atomic E-state index is -0.607. The number of benzene rings is 1. The molecular formula is C21H24N4O3. The molecule has 1 aromatic heterocycles. The molecular weight excluding hydrogens is 356 g/mol. The average Bonchev–Trinajstić information content (AvgIpc) is 3.32. The van der Waals surface area contributed by atoms with E-state index in [-0.39, 0.29) is 24.6 Å². The van der Waals surface area contributed by atoms with Crippen LogP contribution in [0.5, 0.6) is 5.75 Å². The Balaban J connectivity index is 1.29. The fraction of sp³-hybridized carbons (Fsp3) is 0.429. The molecule has 3 atom stereocenters. The largest absolute Gasteiger partial charge is 0.491 e. The zero-order chi connectivity index (χ0) is 19.5. The summed E-state index contributed by atoms with van der Waals surface area (Å²) < 4.78 is 5.65. The molecule has 4 rings (SSSR count). The maximum atomic E-state index is 12.6. The van der Waals surface area contributed by atoms with Gasteiger partial charge >= 0.3 is 0 Å². The molecule has 28 heavy (non-hydrogen) atoms. The Kier molecular flexibility index (Phi) is 5.33. The second-order valence-electron chi connectivity index (χ2n) is 7.48. The van der Waals surface area contributed by atoms with Crippen LogP contribution >= 0.6 is 0 Å². The molecule has 3 unspecified atom stereocenters. The van der Waals surface area contributed by atoms with E-state index in [1.54, 1.807) is 36.5 Å². The number of rotatable bonds is 6. The van der Waals surface area contributed by atoms with E-state index in [9.17, 15) is 9.90 Å². The average molecular weight is 380 g/mol. The molecule has 2 aliphatic rings. The van der Waals surface area contributed by atoms with Gasteiger partial charge in [-0.15, -0.1) is 0 Å². The second-order valence-corrected chi connectivity index (χ2v) is 7.48. The highest BCUT2D eigenvalue weighted by Crippen LogP contribution is 2.31. The van der Waals surface area contributed by atoms with Crippen molar-refractivity contribution in [3.05, 3.63) is 53.9 Å². The summed E-state index contributed by atoms with van der Waals surface area (Å²) in [6, 6.07) is 13.1. The maximum Gasteiger partial charge on any atom is 0.270 e. The number of H-pyrrole nitrogens is 1. The third-order valence-electron chi connectivity index (χ3n) is 5.60. The number of hydrogen-bond acceptors (Lipinski definition) is 5. The van der Waals surface area contributed by atoms with E-state index in [0.29, 0.717) is 36.6 Å². The summed E-state index contributed by atoms with van der Waals surface area (Å²) in [5.41, 5.74) is 1.21. The number of carbonyl (C=O) groups excluding carboxylic acids is 1. The summed E-state index contributed by atoms with van der Waals surface area (Å²) in [4.78, 5) is 19.8. The van der Waals surface area contributed by atoms with Crippen molar-refractivity contribution < 1.29 is 14.6 Å². The summed E-state index contributed by atoms with van der Waals surface area (Å²) >= 11 is 0. The van der Waals surface area contributed by atoms with Crippen LogP contribution in [0.1, 0.15) is 28.9 Å². The van der Waals surface area contributed by atoms with Gasteiger partial charge in [-0.1, -0.05) is 0 Å². The lowest BCUT2D eigenvalue weighted by Crippen LogP contribution is -2.57. The van der Waals surface area contributed by atoms with Gasteiger partial charge in [0, 0.05) is 37.9 Å². The van der Waals surface area contributed by atoms with Gasteiger partial charge in [-0.25, -0.2) is 0 Å². The van der Waals surface area contributed by atoms with E-state index in [4.69, 9.17) is 10.00 Å². The van der Waals surface area contributed by atoms with Gasteiger partial charge in [0.05, 0.1) is 11.6 Å². The van der Waals surface area contributed by atoms with Gasteiger partial charge in [0.25, 0.3) is 5.91 Å². The van der Waals surface area contributed by atoms with Gasteiger partial charge in [-0.05, 0) is 49.2 Å². The zero-order valence-electron chi connectivity index (χ0n) is 15.6. The van der Waals surface area contributed by atoms with Crippen LogP contribution in [-0.4, -0.2) is 70.2 Å². The van der Waals surface area contributed by atoms with Crippen molar-refractivity contribution in [2.24, 2.45) is 0 Å². The number of fused-ring (bicyclic) bond motifs is 2. The summed E-state index contributed by atoms with van der Waals surface area (Å²) in [6.45, 7) is 2.12. The molecule has 2 bridgehead atoms. The number of ether oxygens (including phenoxy) is 1. The van der Waals surface area contributed by atoms with Gasteiger partial charge in [-0.2, -0.15) is 5.26 Å². The fourth-order valence-corrected chi connectivity index (χ4v) is 4.20. The number of likely N-dealkylation sites (tertiary alicyclic amines) is 1. The highest BCUT2D eigenvalue weighted by molar-refractivity contribution is 5.92. The number of piperazine rings is 1. The van der Waals surface area contributed by atoms with Crippen LogP contribution in [0.2, 0.25) is 0 Å². The summed E-state index contributed by atoms with van der Waals surface area (Å²) in [5, 5.41) is 19.3. The van der Waals surface area contributed by atoms with Crippen molar-refractivity contribution in [3.8, 4) is 11.8 Å². The van der Waals surface area contributed by atoms with Crippen molar-refractivity contribution >= 4 is 5.91 Å². The van der Waals surface area contributed by atoms with Gasteiger partial charge in [-0.3, -0.25) is 9.69 Å². The molecule has 0 saturated carbocycles. The van der Waals surface area contributed by atoms with E-state index < -0.39 is 6.10 Å². The first-order valence-electron chi connectivity index (χ1n) is 9.63. The van der Waals surface area contributed by atoms with E-state index in [1.165, 1.54) is 0 Å². The summed E-state index contributed by atoms with van der Waals surface area (Å²) in [5.74, 6) is 0.689. The monoisotopic (exact) mass is 380 g/mol. The van der Waals surface area contributed by atoms with E-state index in [1.807, 2.05) is 11.0 Å². The van der Waals surface area contributed by atoms with Gasteiger partial charge in [0.2, 0.25) is 0 Å². The molecule has 0 aliphatic carbocycles. The SMILES string of the molecule is N#Cc1ccc(OCC(O)CN2C3CCC2CN(C(=O)c2ccc[nH]2)C3)cc1. The number of aromatic amines is 1. The Morgan fingerprint density at radius 1 is 1.25 bits per heavy atom. The van der Waals surface area contributed by atoms with Crippen molar-refractivity contribution in [2.45, 2.75) is 31.0 Å². The Labute approximate surface area is 164 Å². The minimum absolute atomic E-state index is 0.0475. The Morgan fingerprint density at radius 3 is 2.57 bits per heavy atom. The second kappa shape index (κ2) is 8.05. The molecule has 7 heteroatoms.